The lowest BCUT2D eigenvalue weighted by Crippen LogP contribution is -2.17. The first-order valence-corrected chi connectivity index (χ1v) is 11.8. The largest absolute Gasteiger partial charge is 0.302 e. The Morgan fingerprint density at radius 1 is 1.04 bits per heavy atom. The van der Waals surface area contributed by atoms with Crippen molar-refractivity contribution in [3.05, 3.63) is 60.0 Å². The van der Waals surface area contributed by atoms with E-state index in [1.807, 2.05) is 35.7 Å². The molecule has 0 radical (unpaired) electrons. The van der Waals surface area contributed by atoms with Gasteiger partial charge >= 0.3 is 0 Å². The number of hydrogen-bond donors (Lipinski definition) is 1. The van der Waals surface area contributed by atoms with Gasteiger partial charge in [-0.15, -0.1) is 11.3 Å². The molecule has 1 aromatic heterocycles. The van der Waals surface area contributed by atoms with Gasteiger partial charge in [0.1, 0.15) is 0 Å². The van der Waals surface area contributed by atoms with Crippen molar-refractivity contribution in [2.75, 3.05) is 16.8 Å². The highest BCUT2D eigenvalue weighted by molar-refractivity contribution is 7.91. The molecule has 144 valence electrons. The van der Waals surface area contributed by atoms with Crippen LogP contribution >= 0.6 is 11.3 Å². The first-order valence-electron chi connectivity index (χ1n) is 9.10. The number of amides is 1. The molecule has 4 rings (SSSR count). The van der Waals surface area contributed by atoms with Crippen LogP contribution in [0.1, 0.15) is 12.8 Å². The van der Waals surface area contributed by atoms with Gasteiger partial charge < -0.3 is 5.32 Å². The molecule has 0 bridgehead atoms. The Hall–Kier alpha value is -2.51. The van der Waals surface area contributed by atoms with E-state index in [9.17, 15) is 13.2 Å². The molecule has 1 saturated heterocycles. The zero-order valence-corrected chi connectivity index (χ0v) is 16.8. The summed E-state index contributed by atoms with van der Waals surface area (Å²) < 4.78 is 23.0. The molecule has 1 fully saturated rings. The molecule has 1 aliphatic rings. The Kier molecular flexibility index (Phi) is 5.28. The molecule has 1 N–H and O–H groups in total. The van der Waals surface area contributed by atoms with Crippen molar-refractivity contribution in [3.8, 4) is 22.4 Å². The summed E-state index contributed by atoms with van der Waals surface area (Å²) in [5, 5.41) is 5.24. The highest BCUT2D eigenvalue weighted by Gasteiger charge is 2.29. The number of aromatic nitrogens is 1. The molecule has 7 heteroatoms. The molecule has 28 heavy (non-hydrogen) atoms. The molecule has 1 aliphatic heterocycles. The lowest BCUT2D eigenvalue weighted by atomic mass is 10.0. The van der Waals surface area contributed by atoms with E-state index in [1.54, 1.807) is 0 Å². The lowest BCUT2D eigenvalue weighted by molar-refractivity contribution is -0.116. The number of hydrogen-bond acceptors (Lipinski definition) is 5. The maximum atomic E-state index is 12.2. The van der Waals surface area contributed by atoms with Gasteiger partial charge in [0.2, 0.25) is 5.91 Å². The predicted molar refractivity (Wildman–Crippen MR) is 113 cm³/mol. The van der Waals surface area contributed by atoms with Crippen LogP contribution in [-0.2, 0) is 14.6 Å². The zero-order valence-electron chi connectivity index (χ0n) is 15.2. The number of anilines is 1. The first-order chi connectivity index (χ1) is 13.5. The molecule has 2 aromatic carbocycles. The second-order valence-corrected chi connectivity index (χ2v) is 10.1. The van der Waals surface area contributed by atoms with Crippen LogP contribution < -0.4 is 5.32 Å². The van der Waals surface area contributed by atoms with E-state index in [4.69, 9.17) is 0 Å². The number of benzene rings is 2. The van der Waals surface area contributed by atoms with E-state index in [0.29, 0.717) is 11.6 Å². The second-order valence-electron chi connectivity index (χ2n) is 7.00. The third kappa shape index (κ3) is 4.48. The van der Waals surface area contributed by atoms with Crippen LogP contribution in [0.5, 0.6) is 0 Å². The molecule has 0 unspecified atom stereocenters. The van der Waals surface area contributed by atoms with Crippen molar-refractivity contribution in [3.63, 3.8) is 0 Å². The SMILES string of the molecule is O=C(C[C@@H]1CCS(=O)(=O)C1)Nc1nc(-c2ccc(-c3ccccc3)cc2)cs1. The number of carbonyl (C=O) groups excluding carboxylic acids is 1. The van der Waals surface area contributed by atoms with Crippen molar-refractivity contribution >= 4 is 32.2 Å². The van der Waals surface area contributed by atoms with Gasteiger partial charge in [0.05, 0.1) is 17.2 Å². The van der Waals surface area contributed by atoms with Gasteiger partial charge in [-0.05, 0) is 23.5 Å². The number of thiazole rings is 1. The molecule has 1 amide bonds. The lowest BCUT2D eigenvalue weighted by Gasteiger charge is -2.06. The highest BCUT2D eigenvalue weighted by atomic mass is 32.2. The van der Waals surface area contributed by atoms with Crippen LogP contribution in [0.15, 0.2) is 60.0 Å². The molecular weight excluding hydrogens is 392 g/mol. The van der Waals surface area contributed by atoms with E-state index in [1.165, 1.54) is 11.3 Å². The molecule has 0 saturated carbocycles. The molecule has 1 atom stereocenters. The van der Waals surface area contributed by atoms with Crippen molar-refractivity contribution in [1.29, 1.82) is 0 Å². The van der Waals surface area contributed by atoms with Crippen molar-refractivity contribution in [2.45, 2.75) is 12.8 Å². The van der Waals surface area contributed by atoms with Gasteiger partial charge in [-0.25, -0.2) is 13.4 Å². The molecule has 5 nitrogen and oxygen atoms in total. The van der Waals surface area contributed by atoms with Crippen LogP contribution in [0.2, 0.25) is 0 Å². The standard InChI is InChI=1S/C21H20N2O3S2/c24-20(12-15-10-11-28(25,26)14-15)23-21-22-19(13-27-21)18-8-6-17(7-9-18)16-4-2-1-3-5-16/h1-9,13,15H,10-12,14H2,(H,22,23,24)/t15-/m0/s1. The number of rotatable bonds is 5. The molecule has 2 heterocycles. The molecule has 3 aromatic rings. The molecule has 0 spiro atoms. The van der Waals surface area contributed by atoms with Gasteiger partial charge in [-0.1, -0.05) is 54.6 Å². The number of carbonyl (C=O) groups is 1. The fourth-order valence-corrected chi connectivity index (χ4v) is 5.99. The summed E-state index contributed by atoms with van der Waals surface area (Å²) in [6.07, 6.45) is 0.784. The fourth-order valence-electron chi connectivity index (χ4n) is 3.39. The monoisotopic (exact) mass is 412 g/mol. The Bertz CT molecular complexity index is 1070. The minimum atomic E-state index is -2.96. The van der Waals surface area contributed by atoms with Crippen LogP contribution in [-0.4, -0.2) is 30.8 Å². The minimum Gasteiger partial charge on any atom is -0.302 e. The normalized spacial score (nSPS) is 18.1. The number of nitrogens with zero attached hydrogens (tertiary/aromatic N) is 1. The average molecular weight is 413 g/mol. The third-order valence-corrected chi connectivity index (χ3v) is 7.43. The number of sulfone groups is 1. The van der Waals surface area contributed by atoms with E-state index < -0.39 is 9.84 Å². The zero-order chi connectivity index (χ0) is 19.6. The Morgan fingerprint density at radius 3 is 2.39 bits per heavy atom. The summed E-state index contributed by atoms with van der Waals surface area (Å²) in [4.78, 5) is 16.7. The van der Waals surface area contributed by atoms with Gasteiger partial charge in [-0.3, -0.25) is 4.79 Å². The smallest absolute Gasteiger partial charge is 0.226 e. The maximum absolute atomic E-state index is 12.2. The minimum absolute atomic E-state index is 0.0880. The fraction of sp³-hybridized carbons (Fsp3) is 0.238. The average Bonchev–Trinajstić information content (AvgIpc) is 3.28. The van der Waals surface area contributed by atoms with Crippen molar-refractivity contribution in [2.24, 2.45) is 5.92 Å². The van der Waals surface area contributed by atoms with E-state index in [-0.39, 0.29) is 29.8 Å². The van der Waals surface area contributed by atoms with Crippen LogP contribution in [0.25, 0.3) is 22.4 Å². The summed E-state index contributed by atoms with van der Waals surface area (Å²) in [6.45, 7) is 0. The van der Waals surface area contributed by atoms with Gasteiger partial charge in [0.15, 0.2) is 15.0 Å². The quantitative estimate of drug-likeness (QED) is 0.680. The Labute approximate surface area is 168 Å². The first kappa shape index (κ1) is 18.8. The Morgan fingerprint density at radius 2 is 1.71 bits per heavy atom. The summed E-state index contributed by atoms with van der Waals surface area (Å²) in [6, 6.07) is 18.3. The third-order valence-electron chi connectivity index (χ3n) is 4.84. The summed E-state index contributed by atoms with van der Waals surface area (Å²) in [5.41, 5.74) is 4.09. The van der Waals surface area contributed by atoms with Crippen LogP contribution in [0, 0.1) is 5.92 Å². The summed E-state index contributed by atoms with van der Waals surface area (Å²) in [5.74, 6) is 0.0280. The van der Waals surface area contributed by atoms with E-state index >= 15 is 0 Å². The maximum Gasteiger partial charge on any atom is 0.226 e. The number of nitrogens with one attached hydrogen (secondary N) is 1. The summed E-state index contributed by atoms with van der Waals surface area (Å²) in [7, 11) is -2.96. The van der Waals surface area contributed by atoms with Gasteiger partial charge in [0, 0.05) is 17.4 Å². The van der Waals surface area contributed by atoms with Crippen LogP contribution in [0.3, 0.4) is 0 Å². The van der Waals surface area contributed by atoms with E-state index in [0.717, 1.165) is 22.4 Å². The van der Waals surface area contributed by atoms with Crippen LogP contribution in [0.4, 0.5) is 5.13 Å². The Balaban J connectivity index is 1.39. The van der Waals surface area contributed by atoms with Crippen molar-refractivity contribution < 1.29 is 13.2 Å². The van der Waals surface area contributed by atoms with Gasteiger partial charge in [-0.2, -0.15) is 0 Å². The topological polar surface area (TPSA) is 76.1 Å². The van der Waals surface area contributed by atoms with Crippen molar-refractivity contribution in [1.82, 2.24) is 4.98 Å². The molecular formula is C21H20N2O3S2. The molecule has 0 aliphatic carbocycles. The van der Waals surface area contributed by atoms with E-state index in [2.05, 4.69) is 34.6 Å². The highest BCUT2D eigenvalue weighted by Crippen LogP contribution is 2.28. The summed E-state index contributed by atoms with van der Waals surface area (Å²) >= 11 is 1.37. The second kappa shape index (κ2) is 7.85. The predicted octanol–water partition coefficient (Wildman–Crippen LogP) is 4.24. The van der Waals surface area contributed by atoms with Gasteiger partial charge in [0.25, 0.3) is 0 Å².